The average Bonchev–Trinajstić information content (AvgIpc) is 2.40. The molecule has 1 amide bonds. The lowest BCUT2D eigenvalue weighted by atomic mass is 9.49. The summed E-state index contributed by atoms with van der Waals surface area (Å²) in [5.74, 6) is 2.97. The summed E-state index contributed by atoms with van der Waals surface area (Å²) in [6.45, 7) is 3.19. The van der Waals surface area contributed by atoms with Gasteiger partial charge in [-0.15, -0.1) is 0 Å². The number of amides is 1. The fourth-order valence-corrected chi connectivity index (χ4v) is 5.85. The summed E-state index contributed by atoms with van der Waals surface area (Å²) in [7, 11) is 0. The first-order valence-electron chi connectivity index (χ1n) is 8.67. The monoisotopic (exact) mass is 276 g/mol. The normalized spacial score (nSPS) is 50.1. The number of hydrogen-bond donors (Lipinski definition) is 2. The molecule has 4 saturated carbocycles. The summed E-state index contributed by atoms with van der Waals surface area (Å²) < 4.78 is 0. The summed E-state index contributed by atoms with van der Waals surface area (Å²) in [6, 6.07) is 0.981. The van der Waals surface area contributed by atoms with Gasteiger partial charge in [-0.05, 0) is 76.0 Å². The minimum Gasteiger partial charge on any atom is -0.352 e. The van der Waals surface area contributed by atoms with E-state index in [9.17, 15) is 4.79 Å². The van der Waals surface area contributed by atoms with Crippen LogP contribution in [-0.4, -0.2) is 24.5 Å². The van der Waals surface area contributed by atoms with Crippen molar-refractivity contribution in [2.75, 3.05) is 6.54 Å². The van der Waals surface area contributed by atoms with Gasteiger partial charge in [-0.25, -0.2) is 0 Å². The van der Waals surface area contributed by atoms with Crippen molar-refractivity contribution >= 4 is 5.91 Å². The number of carbonyl (C=O) groups is 1. The van der Waals surface area contributed by atoms with Gasteiger partial charge < -0.3 is 10.6 Å². The zero-order chi connectivity index (χ0) is 13.7. The fraction of sp³-hybridized carbons (Fsp3) is 0.941. The van der Waals surface area contributed by atoms with E-state index in [1.807, 2.05) is 0 Å². The predicted molar refractivity (Wildman–Crippen MR) is 79.2 cm³/mol. The van der Waals surface area contributed by atoms with Crippen LogP contribution in [0.15, 0.2) is 0 Å². The fourth-order valence-electron chi connectivity index (χ4n) is 5.85. The molecule has 3 heteroatoms. The summed E-state index contributed by atoms with van der Waals surface area (Å²) >= 11 is 0. The summed E-state index contributed by atoms with van der Waals surface area (Å²) in [5, 5.41) is 6.89. The van der Waals surface area contributed by atoms with Crippen LogP contribution in [0.1, 0.15) is 58.3 Å². The van der Waals surface area contributed by atoms with Gasteiger partial charge in [0.25, 0.3) is 0 Å². The Kier molecular flexibility index (Phi) is 3.10. The largest absolute Gasteiger partial charge is 0.352 e. The highest BCUT2D eigenvalue weighted by molar-refractivity contribution is 5.83. The van der Waals surface area contributed by atoms with Gasteiger partial charge in [0.1, 0.15) is 0 Å². The Balaban J connectivity index is 1.43. The van der Waals surface area contributed by atoms with Gasteiger partial charge in [-0.1, -0.05) is 0 Å². The lowest BCUT2D eigenvalue weighted by Crippen LogP contribution is -2.57. The lowest BCUT2D eigenvalue weighted by molar-refractivity contribution is -0.147. The van der Waals surface area contributed by atoms with Crippen LogP contribution < -0.4 is 10.6 Å². The van der Waals surface area contributed by atoms with Crippen molar-refractivity contribution in [2.24, 2.45) is 23.2 Å². The second kappa shape index (κ2) is 4.72. The number of hydrogen-bond acceptors (Lipinski definition) is 2. The maximum absolute atomic E-state index is 12.9. The van der Waals surface area contributed by atoms with Crippen molar-refractivity contribution in [3.8, 4) is 0 Å². The summed E-state index contributed by atoms with van der Waals surface area (Å²) in [6.07, 6.45) is 10.1. The Morgan fingerprint density at radius 3 is 2.15 bits per heavy atom. The van der Waals surface area contributed by atoms with Gasteiger partial charge >= 0.3 is 0 Å². The van der Waals surface area contributed by atoms with Gasteiger partial charge in [0.15, 0.2) is 0 Å². The first kappa shape index (κ1) is 13.1. The first-order valence-corrected chi connectivity index (χ1v) is 8.67. The van der Waals surface area contributed by atoms with Crippen LogP contribution >= 0.6 is 0 Å². The average molecular weight is 276 g/mol. The minimum absolute atomic E-state index is 0.0256. The molecule has 1 heterocycles. The molecular formula is C17H28N2O. The molecule has 2 atom stereocenters. The van der Waals surface area contributed by atoms with Crippen molar-refractivity contribution in [3.05, 3.63) is 0 Å². The standard InChI is InChI=1S/C17H28N2O/c1-11-2-3-15(10-18-11)19-16(20)17-7-12-4-13(8-17)6-14(5-12)9-17/h11-15,18H,2-10H2,1H3,(H,19,20). The molecular weight excluding hydrogens is 248 g/mol. The molecule has 0 aromatic heterocycles. The molecule has 3 nitrogen and oxygen atoms in total. The number of piperidine rings is 1. The van der Waals surface area contributed by atoms with E-state index in [0.29, 0.717) is 18.0 Å². The topological polar surface area (TPSA) is 41.1 Å². The van der Waals surface area contributed by atoms with E-state index in [0.717, 1.165) is 30.7 Å². The summed E-state index contributed by atoms with van der Waals surface area (Å²) in [4.78, 5) is 12.9. The van der Waals surface area contributed by atoms with Crippen molar-refractivity contribution < 1.29 is 4.79 Å². The van der Waals surface area contributed by atoms with Crippen molar-refractivity contribution in [2.45, 2.75) is 70.4 Å². The molecule has 2 unspecified atom stereocenters. The Labute approximate surface area is 122 Å². The maximum Gasteiger partial charge on any atom is 0.226 e. The number of nitrogens with one attached hydrogen (secondary N) is 2. The van der Waals surface area contributed by atoms with Crippen LogP contribution in [-0.2, 0) is 4.79 Å². The van der Waals surface area contributed by atoms with E-state index in [1.165, 1.54) is 44.9 Å². The highest BCUT2D eigenvalue weighted by Gasteiger charge is 2.54. The highest BCUT2D eigenvalue weighted by atomic mass is 16.2. The Morgan fingerprint density at radius 2 is 1.65 bits per heavy atom. The molecule has 20 heavy (non-hydrogen) atoms. The molecule has 1 aliphatic heterocycles. The number of rotatable bonds is 2. The molecule has 112 valence electrons. The Bertz CT molecular complexity index is 363. The third-order valence-corrected chi connectivity index (χ3v) is 6.52. The van der Waals surface area contributed by atoms with E-state index in [4.69, 9.17) is 0 Å². The highest BCUT2D eigenvalue weighted by Crippen LogP contribution is 2.60. The number of carbonyl (C=O) groups excluding carboxylic acids is 1. The van der Waals surface area contributed by atoms with Crippen LogP contribution in [0.3, 0.4) is 0 Å². The molecule has 0 aromatic rings. The molecule has 1 saturated heterocycles. The van der Waals surface area contributed by atoms with Crippen molar-refractivity contribution in [3.63, 3.8) is 0 Å². The quantitative estimate of drug-likeness (QED) is 0.813. The smallest absolute Gasteiger partial charge is 0.226 e. The van der Waals surface area contributed by atoms with E-state index >= 15 is 0 Å². The predicted octanol–water partition coefficient (Wildman–Crippen LogP) is 2.46. The lowest BCUT2D eigenvalue weighted by Gasteiger charge is -2.56. The molecule has 4 bridgehead atoms. The Hall–Kier alpha value is -0.570. The SMILES string of the molecule is CC1CCC(NC(=O)C23CC4CC(CC(C4)C2)C3)CN1. The van der Waals surface area contributed by atoms with E-state index in [2.05, 4.69) is 17.6 Å². The zero-order valence-corrected chi connectivity index (χ0v) is 12.7. The van der Waals surface area contributed by atoms with Gasteiger partial charge in [-0.3, -0.25) is 4.79 Å². The molecule has 5 rings (SSSR count). The Morgan fingerprint density at radius 1 is 1.05 bits per heavy atom. The van der Waals surface area contributed by atoms with Crippen LogP contribution in [0, 0.1) is 23.2 Å². The van der Waals surface area contributed by atoms with Gasteiger partial charge in [0.05, 0.1) is 0 Å². The molecule has 5 fully saturated rings. The van der Waals surface area contributed by atoms with Crippen LogP contribution in [0.2, 0.25) is 0 Å². The zero-order valence-electron chi connectivity index (χ0n) is 12.7. The maximum atomic E-state index is 12.9. The van der Waals surface area contributed by atoms with Gasteiger partial charge in [0.2, 0.25) is 5.91 Å². The first-order chi connectivity index (χ1) is 9.63. The minimum atomic E-state index is 0.0256. The molecule has 2 N–H and O–H groups in total. The van der Waals surface area contributed by atoms with E-state index in [1.54, 1.807) is 0 Å². The third kappa shape index (κ3) is 2.18. The molecule has 0 spiro atoms. The van der Waals surface area contributed by atoms with Crippen molar-refractivity contribution in [1.82, 2.24) is 10.6 Å². The second-order valence-corrected chi connectivity index (χ2v) is 8.25. The van der Waals surface area contributed by atoms with Gasteiger partial charge in [0, 0.05) is 24.0 Å². The molecule has 0 aromatic carbocycles. The molecule has 0 radical (unpaired) electrons. The molecule has 4 aliphatic carbocycles. The molecule has 5 aliphatic rings. The van der Waals surface area contributed by atoms with E-state index < -0.39 is 0 Å². The van der Waals surface area contributed by atoms with Gasteiger partial charge in [-0.2, -0.15) is 0 Å². The third-order valence-electron chi connectivity index (χ3n) is 6.52. The van der Waals surface area contributed by atoms with E-state index in [-0.39, 0.29) is 5.41 Å². The summed E-state index contributed by atoms with van der Waals surface area (Å²) in [5.41, 5.74) is 0.0256. The second-order valence-electron chi connectivity index (χ2n) is 8.25. The van der Waals surface area contributed by atoms with Crippen LogP contribution in [0.25, 0.3) is 0 Å². The van der Waals surface area contributed by atoms with Crippen LogP contribution in [0.4, 0.5) is 0 Å². The van der Waals surface area contributed by atoms with Crippen LogP contribution in [0.5, 0.6) is 0 Å². The van der Waals surface area contributed by atoms with Crippen molar-refractivity contribution in [1.29, 1.82) is 0 Å².